The molecular formula is C19H19ClFN5. The van der Waals surface area contributed by atoms with Gasteiger partial charge in [-0.15, -0.1) is 0 Å². The van der Waals surface area contributed by atoms with Crippen LogP contribution in [0.15, 0.2) is 42.7 Å². The van der Waals surface area contributed by atoms with Gasteiger partial charge in [0.2, 0.25) is 5.28 Å². The largest absolute Gasteiger partial charge is 0.356 e. The maximum Gasteiger partial charge on any atom is 0.224 e. The molecule has 0 spiro atoms. The predicted octanol–water partition coefficient (Wildman–Crippen LogP) is 4.05. The van der Waals surface area contributed by atoms with Gasteiger partial charge in [0.1, 0.15) is 17.5 Å². The highest BCUT2D eigenvalue weighted by Gasteiger charge is 2.24. The first-order chi connectivity index (χ1) is 12.6. The van der Waals surface area contributed by atoms with Gasteiger partial charge in [-0.1, -0.05) is 0 Å². The van der Waals surface area contributed by atoms with E-state index in [1.54, 1.807) is 12.1 Å². The summed E-state index contributed by atoms with van der Waals surface area (Å²) in [7, 11) is 2.04. The lowest BCUT2D eigenvalue weighted by Gasteiger charge is -2.32. The molecule has 0 radical (unpaired) electrons. The minimum atomic E-state index is -0.273. The third-order valence-electron chi connectivity index (χ3n) is 4.87. The van der Waals surface area contributed by atoms with E-state index in [0.29, 0.717) is 11.6 Å². The first-order valence-corrected chi connectivity index (χ1v) is 9.00. The van der Waals surface area contributed by atoms with Crippen molar-refractivity contribution in [3.8, 4) is 11.3 Å². The lowest BCUT2D eigenvalue weighted by Crippen LogP contribution is -2.34. The van der Waals surface area contributed by atoms with Crippen molar-refractivity contribution in [1.82, 2.24) is 19.5 Å². The molecule has 134 valence electrons. The van der Waals surface area contributed by atoms with E-state index in [4.69, 9.17) is 11.6 Å². The molecule has 1 aliphatic heterocycles. The van der Waals surface area contributed by atoms with Gasteiger partial charge in [-0.05, 0) is 48.7 Å². The number of rotatable bonds is 3. The smallest absolute Gasteiger partial charge is 0.224 e. The maximum atomic E-state index is 13.2. The van der Waals surface area contributed by atoms with Crippen molar-refractivity contribution < 1.29 is 4.39 Å². The van der Waals surface area contributed by atoms with E-state index in [2.05, 4.69) is 24.4 Å². The second-order valence-corrected chi connectivity index (χ2v) is 6.88. The molecular weight excluding hydrogens is 353 g/mol. The molecule has 0 saturated carbocycles. The number of halogens is 2. The molecule has 0 unspecified atom stereocenters. The number of aromatic nitrogens is 4. The van der Waals surface area contributed by atoms with Gasteiger partial charge in [0, 0.05) is 50.1 Å². The van der Waals surface area contributed by atoms with Crippen LogP contribution in [0.3, 0.4) is 0 Å². The van der Waals surface area contributed by atoms with E-state index in [0.717, 1.165) is 43.1 Å². The zero-order valence-electron chi connectivity index (χ0n) is 14.4. The van der Waals surface area contributed by atoms with Crippen molar-refractivity contribution in [2.45, 2.75) is 18.8 Å². The van der Waals surface area contributed by atoms with E-state index in [1.165, 1.54) is 12.1 Å². The molecule has 4 rings (SSSR count). The van der Waals surface area contributed by atoms with E-state index in [-0.39, 0.29) is 11.1 Å². The van der Waals surface area contributed by atoms with Crippen LogP contribution in [-0.2, 0) is 7.05 Å². The van der Waals surface area contributed by atoms with Crippen LogP contribution < -0.4 is 4.90 Å². The van der Waals surface area contributed by atoms with E-state index in [9.17, 15) is 4.39 Å². The summed E-state index contributed by atoms with van der Waals surface area (Å²) in [5.41, 5.74) is 1.52. The molecule has 3 heterocycles. The van der Waals surface area contributed by atoms with Crippen molar-refractivity contribution in [2.24, 2.45) is 7.05 Å². The van der Waals surface area contributed by atoms with E-state index >= 15 is 0 Å². The zero-order chi connectivity index (χ0) is 18.1. The first-order valence-electron chi connectivity index (χ1n) is 8.63. The summed E-state index contributed by atoms with van der Waals surface area (Å²) in [6.45, 7) is 1.77. The molecule has 0 atom stereocenters. The van der Waals surface area contributed by atoms with Crippen LogP contribution in [-0.4, -0.2) is 32.6 Å². The standard InChI is InChI=1S/C19H19ClFN5/c1-25-11-8-22-18(25)14-6-9-26(10-7-14)17-12-16(23-19(20)24-17)13-2-4-15(21)5-3-13/h2-5,8,11-12,14H,6-7,9-10H2,1H3. The molecule has 0 bridgehead atoms. The van der Waals surface area contributed by atoms with Gasteiger partial charge in [0.25, 0.3) is 0 Å². The minimum Gasteiger partial charge on any atom is -0.356 e. The minimum absolute atomic E-state index is 0.202. The normalized spacial score (nSPS) is 15.4. The SMILES string of the molecule is Cn1ccnc1C1CCN(c2cc(-c3ccc(F)cc3)nc(Cl)n2)CC1. The molecule has 1 aromatic carbocycles. The highest BCUT2D eigenvalue weighted by Crippen LogP contribution is 2.30. The molecule has 26 heavy (non-hydrogen) atoms. The molecule has 3 aromatic rings. The van der Waals surface area contributed by atoms with Gasteiger partial charge in [-0.3, -0.25) is 0 Å². The summed E-state index contributed by atoms with van der Waals surface area (Å²) in [6, 6.07) is 8.16. The van der Waals surface area contributed by atoms with Gasteiger partial charge in [0.15, 0.2) is 0 Å². The Morgan fingerprint density at radius 3 is 2.50 bits per heavy atom. The average molecular weight is 372 g/mol. The third kappa shape index (κ3) is 3.42. The maximum absolute atomic E-state index is 13.2. The van der Waals surface area contributed by atoms with Gasteiger partial charge >= 0.3 is 0 Å². The highest BCUT2D eigenvalue weighted by atomic mass is 35.5. The molecule has 0 aliphatic carbocycles. The monoisotopic (exact) mass is 371 g/mol. The van der Waals surface area contributed by atoms with E-state index in [1.807, 2.05) is 25.5 Å². The number of piperidine rings is 1. The zero-order valence-corrected chi connectivity index (χ0v) is 15.2. The Kier molecular flexibility index (Phi) is 4.59. The van der Waals surface area contributed by atoms with Crippen LogP contribution in [0.4, 0.5) is 10.2 Å². The van der Waals surface area contributed by atoms with Crippen molar-refractivity contribution >= 4 is 17.4 Å². The third-order valence-corrected chi connectivity index (χ3v) is 5.04. The van der Waals surface area contributed by atoms with Crippen LogP contribution in [0.1, 0.15) is 24.6 Å². The molecule has 2 aromatic heterocycles. The van der Waals surface area contributed by atoms with Crippen molar-refractivity contribution in [2.75, 3.05) is 18.0 Å². The number of aryl methyl sites for hydroxylation is 1. The highest BCUT2D eigenvalue weighted by molar-refractivity contribution is 6.28. The van der Waals surface area contributed by atoms with Crippen LogP contribution >= 0.6 is 11.6 Å². The lowest BCUT2D eigenvalue weighted by molar-refractivity contribution is 0.473. The second kappa shape index (κ2) is 7.03. The number of anilines is 1. The Morgan fingerprint density at radius 1 is 1.12 bits per heavy atom. The summed E-state index contributed by atoms with van der Waals surface area (Å²) in [5.74, 6) is 2.13. The molecule has 7 heteroatoms. The number of imidazole rings is 1. The van der Waals surface area contributed by atoms with Crippen molar-refractivity contribution in [1.29, 1.82) is 0 Å². The average Bonchev–Trinajstić information content (AvgIpc) is 3.08. The number of nitrogens with zero attached hydrogens (tertiary/aromatic N) is 5. The molecule has 1 fully saturated rings. The van der Waals surface area contributed by atoms with Gasteiger partial charge in [0.05, 0.1) is 5.69 Å². The summed E-state index contributed by atoms with van der Waals surface area (Å²) in [6.07, 6.45) is 5.86. The number of hydrogen-bond donors (Lipinski definition) is 0. The van der Waals surface area contributed by atoms with Crippen LogP contribution in [0.25, 0.3) is 11.3 Å². The first kappa shape index (κ1) is 17.0. The van der Waals surface area contributed by atoms with Crippen molar-refractivity contribution in [3.63, 3.8) is 0 Å². The Balaban J connectivity index is 1.53. The Morgan fingerprint density at radius 2 is 1.85 bits per heavy atom. The summed E-state index contributed by atoms with van der Waals surface area (Å²) in [4.78, 5) is 15.4. The second-order valence-electron chi connectivity index (χ2n) is 6.54. The van der Waals surface area contributed by atoms with E-state index < -0.39 is 0 Å². The van der Waals surface area contributed by atoms with Crippen molar-refractivity contribution in [3.05, 3.63) is 59.7 Å². The molecule has 5 nitrogen and oxygen atoms in total. The topological polar surface area (TPSA) is 46.8 Å². The van der Waals surface area contributed by atoms with Crippen LogP contribution in [0.2, 0.25) is 5.28 Å². The van der Waals surface area contributed by atoms with Gasteiger partial charge in [-0.2, -0.15) is 0 Å². The Labute approximate surface area is 156 Å². The van der Waals surface area contributed by atoms with Gasteiger partial charge in [-0.25, -0.2) is 19.3 Å². The Bertz CT molecular complexity index is 901. The number of benzene rings is 1. The fourth-order valence-corrected chi connectivity index (χ4v) is 3.65. The summed E-state index contributed by atoms with van der Waals surface area (Å²) >= 11 is 6.14. The molecule has 0 amide bonds. The fourth-order valence-electron chi connectivity index (χ4n) is 3.47. The van der Waals surface area contributed by atoms with Crippen LogP contribution in [0.5, 0.6) is 0 Å². The number of hydrogen-bond acceptors (Lipinski definition) is 4. The summed E-state index contributed by atoms with van der Waals surface area (Å²) in [5, 5.41) is 0.202. The molecule has 1 saturated heterocycles. The summed E-state index contributed by atoms with van der Waals surface area (Å²) < 4.78 is 15.3. The fraction of sp³-hybridized carbons (Fsp3) is 0.316. The Hall–Kier alpha value is -2.47. The van der Waals surface area contributed by atoms with Gasteiger partial charge < -0.3 is 9.47 Å². The van der Waals surface area contributed by atoms with Crippen LogP contribution in [0, 0.1) is 5.82 Å². The molecule has 0 N–H and O–H groups in total. The predicted molar refractivity (Wildman–Crippen MR) is 99.8 cm³/mol. The molecule has 1 aliphatic rings. The quantitative estimate of drug-likeness (QED) is 0.651. The lowest BCUT2D eigenvalue weighted by atomic mass is 9.96.